The van der Waals surface area contributed by atoms with Crippen molar-refractivity contribution >= 4 is 46.1 Å². The van der Waals surface area contributed by atoms with Crippen molar-refractivity contribution in [1.29, 1.82) is 0 Å². The highest BCUT2D eigenvalue weighted by atomic mass is 35.5. The minimum Gasteiger partial charge on any atom is -0.496 e. The topological polar surface area (TPSA) is 59.9 Å². The van der Waals surface area contributed by atoms with Crippen molar-refractivity contribution in [3.05, 3.63) is 106 Å². The molecule has 0 aromatic heterocycles. The lowest BCUT2D eigenvalue weighted by molar-refractivity contribution is 0.0952. The van der Waals surface area contributed by atoms with Crippen LogP contribution in [-0.4, -0.2) is 19.2 Å². The van der Waals surface area contributed by atoms with E-state index in [1.807, 2.05) is 60.7 Å². The second-order valence-electron chi connectivity index (χ2n) is 7.19. The summed E-state index contributed by atoms with van der Waals surface area (Å²) in [5, 5.41) is 6.65. The van der Waals surface area contributed by atoms with E-state index in [-0.39, 0.29) is 0 Å². The van der Waals surface area contributed by atoms with Gasteiger partial charge in [-0.3, -0.25) is 4.79 Å². The summed E-state index contributed by atoms with van der Waals surface area (Å²) >= 11 is 12.7. The summed E-state index contributed by atoms with van der Waals surface area (Å²) in [6.07, 6.45) is 1.46. The van der Waals surface area contributed by atoms with Crippen molar-refractivity contribution in [2.75, 3.05) is 7.11 Å². The molecule has 4 aromatic carbocycles. The van der Waals surface area contributed by atoms with Crippen molar-refractivity contribution in [2.45, 2.75) is 6.61 Å². The number of benzene rings is 4. The molecule has 0 fully saturated rings. The molecular formula is C26H20Cl2N2O3. The van der Waals surface area contributed by atoms with E-state index in [0.29, 0.717) is 39.3 Å². The molecule has 4 rings (SSSR count). The molecule has 4 aromatic rings. The molecule has 5 nitrogen and oxygen atoms in total. The zero-order chi connectivity index (χ0) is 23.2. The van der Waals surface area contributed by atoms with Gasteiger partial charge in [-0.05, 0) is 46.2 Å². The van der Waals surface area contributed by atoms with E-state index in [0.717, 1.165) is 16.3 Å². The first-order valence-corrected chi connectivity index (χ1v) is 10.9. The van der Waals surface area contributed by atoms with Gasteiger partial charge >= 0.3 is 0 Å². The van der Waals surface area contributed by atoms with Gasteiger partial charge in [-0.2, -0.15) is 5.10 Å². The number of carbonyl (C=O) groups excluding carboxylic acids is 1. The molecule has 33 heavy (non-hydrogen) atoms. The van der Waals surface area contributed by atoms with Crippen LogP contribution in [0.2, 0.25) is 10.0 Å². The van der Waals surface area contributed by atoms with Gasteiger partial charge in [0.2, 0.25) is 0 Å². The molecule has 0 unspecified atom stereocenters. The van der Waals surface area contributed by atoms with Crippen LogP contribution in [0, 0.1) is 0 Å². The first-order chi connectivity index (χ1) is 16.0. The Labute approximate surface area is 201 Å². The molecule has 0 aliphatic heterocycles. The van der Waals surface area contributed by atoms with Crippen LogP contribution in [0.4, 0.5) is 0 Å². The Morgan fingerprint density at radius 2 is 1.58 bits per heavy atom. The van der Waals surface area contributed by atoms with Gasteiger partial charge in [0.15, 0.2) is 5.75 Å². The van der Waals surface area contributed by atoms with E-state index in [2.05, 4.69) is 10.5 Å². The average molecular weight is 479 g/mol. The number of rotatable bonds is 7. The van der Waals surface area contributed by atoms with E-state index in [1.54, 1.807) is 18.2 Å². The number of nitrogens with one attached hydrogen (secondary N) is 1. The fraction of sp³-hybridized carbons (Fsp3) is 0.0769. The smallest absolute Gasteiger partial charge is 0.275 e. The van der Waals surface area contributed by atoms with Crippen molar-refractivity contribution < 1.29 is 14.3 Å². The molecule has 0 saturated heterocycles. The Bertz CT molecular complexity index is 1300. The maximum atomic E-state index is 12.7. The highest BCUT2D eigenvalue weighted by molar-refractivity contribution is 6.37. The Balaban J connectivity index is 1.46. The van der Waals surface area contributed by atoms with Gasteiger partial charge in [-0.25, -0.2) is 5.43 Å². The molecule has 0 aliphatic rings. The highest BCUT2D eigenvalue weighted by Gasteiger charge is 2.13. The number of nitrogens with zero attached hydrogens (tertiary/aromatic N) is 1. The van der Waals surface area contributed by atoms with Crippen molar-refractivity contribution in [1.82, 2.24) is 5.43 Å². The predicted octanol–water partition coefficient (Wildman–Crippen LogP) is 6.50. The third-order valence-electron chi connectivity index (χ3n) is 4.94. The third kappa shape index (κ3) is 5.45. The lowest BCUT2D eigenvalue weighted by atomic mass is 10.1. The van der Waals surface area contributed by atoms with Gasteiger partial charge in [0.05, 0.1) is 28.9 Å². The van der Waals surface area contributed by atoms with E-state index in [1.165, 1.54) is 13.3 Å². The van der Waals surface area contributed by atoms with Crippen molar-refractivity contribution in [2.24, 2.45) is 5.10 Å². The number of amides is 1. The molecule has 0 aliphatic carbocycles. The number of carbonyl (C=O) groups is 1. The van der Waals surface area contributed by atoms with Crippen LogP contribution < -0.4 is 14.9 Å². The Kier molecular flexibility index (Phi) is 7.13. The summed E-state index contributed by atoms with van der Waals surface area (Å²) in [6.45, 7) is 0.345. The molecule has 1 N–H and O–H groups in total. The van der Waals surface area contributed by atoms with Crippen LogP contribution in [0.5, 0.6) is 11.5 Å². The molecule has 0 atom stereocenters. The second kappa shape index (κ2) is 10.4. The molecule has 166 valence electrons. The van der Waals surface area contributed by atoms with Crippen LogP contribution in [-0.2, 0) is 6.61 Å². The summed E-state index contributed by atoms with van der Waals surface area (Å²) < 4.78 is 11.2. The third-order valence-corrected chi connectivity index (χ3v) is 5.50. The van der Waals surface area contributed by atoms with Crippen LogP contribution in [0.15, 0.2) is 84.0 Å². The quantitative estimate of drug-likeness (QED) is 0.243. The van der Waals surface area contributed by atoms with Crippen LogP contribution in [0.25, 0.3) is 10.8 Å². The van der Waals surface area contributed by atoms with Crippen LogP contribution in [0.1, 0.15) is 21.5 Å². The first-order valence-electron chi connectivity index (χ1n) is 10.1. The number of hydrazone groups is 1. The van der Waals surface area contributed by atoms with E-state index < -0.39 is 5.91 Å². The molecule has 7 heteroatoms. The summed E-state index contributed by atoms with van der Waals surface area (Å²) in [5.41, 5.74) is 4.52. The number of fused-ring (bicyclic) bond motifs is 1. The van der Waals surface area contributed by atoms with Crippen molar-refractivity contribution in [3.8, 4) is 11.5 Å². The van der Waals surface area contributed by atoms with Crippen molar-refractivity contribution in [3.63, 3.8) is 0 Å². The summed E-state index contributed by atoms with van der Waals surface area (Å²) in [6, 6.07) is 24.4. The number of halogens is 2. The molecule has 0 heterocycles. The minimum atomic E-state index is -0.395. The van der Waals surface area contributed by atoms with Gasteiger partial charge in [-0.15, -0.1) is 0 Å². The van der Waals surface area contributed by atoms with Crippen LogP contribution in [0.3, 0.4) is 0 Å². The summed E-state index contributed by atoms with van der Waals surface area (Å²) in [4.78, 5) is 12.7. The molecule has 0 radical (unpaired) electrons. The summed E-state index contributed by atoms with van der Waals surface area (Å²) in [7, 11) is 1.52. The van der Waals surface area contributed by atoms with E-state index >= 15 is 0 Å². The minimum absolute atomic E-state index is 0.345. The maximum absolute atomic E-state index is 12.7. The lowest BCUT2D eigenvalue weighted by Crippen LogP contribution is -2.18. The summed E-state index contributed by atoms with van der Waals surface area (Å²) in [5.74, 6) is 0.463. The van der Waals surface area contributed by atoms with Gasteiger partial charge in [-0.1, -0.05) is 77.8 Å². The molecule has 1 amide bonds. The largest absolute Gasteiger partial charge is 0.496 e. The maximum Gasteiger partial charge on any atom is 0.275 e. The fourth-order valence-corrected chi connectivity index (χ4v) is 3.93. The van der Waals surface area contributed by atoms with E-state index in [4.69, 9.17) is 32.7 Å². The van der Waals surface area contributed by atoms with E-state index in [9.17, 15) is 4.79 Å². The fourth-order valence-electron chi connectivity index (χ4n) is 3.31. The Hall–Kier alpha value is -3.54. The van der Waals surface area contributed by atoms with Gasteiger partial charge < -0.3 is 9.47 Å². The monoisotopic (exact) mass is 478 g/mol. The zero-order valence-corrected chi connectivity index (χ0v) is 19.2. The average Bonchev–Trinajstić information content (AvgIpc) is 2.83. The highest BCUT2D eigenvalue weighted by Crippen LogP contribution is 2.34. The number of hydrogen-bond acceptors (Lipinski definition) is 4. The van der Waals surface area contributed by atoms with Gasteiger partial charge in [0, 0.05) is 0 Å². The number of hydrogen-bond donors (Lipinski definition) is 1. The standard InChI is InChI=1S/C26H20Cl2N2O3/c1-32-24-14-20-10-6-5-9-19(20)13-21(24)26(31)30-29-15-18-11-22(27)25(23(28)12-18)33-16-17-7-3-2-4-8-17/h2-15H,16H2,1H3,(H,30,31)/b29-15-. The zero-order valence-electron chi connectivity index (χ0n) is 17.7. The second-order valence-corrected chi connectivity index (χ2v) is 8.00. The molecule has 0 bridgehead atoms. The predicted molar refractivity (Wildman–Crippen MR) is 133 cm³/mol. The first kappa shape index (κ1) is 22.6. The number of methoxy groups -OCH3 is 1. The van der Waals surface area contributed by atoms with Gasteiger partial charge in [0.25, 0.3) is 5.91 Å². The lowest BCUT2D eigenvalue weighted by Gasteiger charge is -2.11. The number of ether oxygens (including phenoxy) is 2. The van der Waals surface area contributed by atoms with Gasteiger partial charge in [0.1, 0.15) is 12.4 Å². The SMILES string of the molecule is COc1cc2ccccc2cc1C(=O)N/N=C\c1cc(Cl)c(OCc2ccccc2)c(Cl)c1. The molecule has 0 saturated carbocycles. The van der Waals surface area contributed by atoms with Crippen LogP contribution >= 0.6 is 23.2 Å². The Morgan fingerprint density at radius 1 is 0.939 bits per heavy atom. The Morgan fingerprint density at radius 3 is 2.24 bits per heavy atom. The molecular weight excluding hydrogens is 459 g/mol. The molecule has 0 spiro atoms. The normalized spacial score (nSPS) is 11.0.